The van der Waals surface area contributed by atoms with E-state index >= 15 is 0 Å². The van der Waals surface area contributed by atoms with Gasteiger partial charge < -0.3 is 10.1 Å². The van der Waals surface area contributed by atoms with E-state index < -0.39 is 0 Å². The van der Waals surface area contributed by atoms with Gasteiger partial charge in [0, 0.05) is 12.6 Å². The molecular weight excluding hydrogens is 226 g/mol. The van der Waals surface area contributed by atoms with Crippen LogP contribution in [0.3, 0.4) is 0 Å². The Morgan fingerprint density at radius 3 is 2.61 bits per heavy atom. The highest BCUT2D eigenvalue weighted by atomic mass is 16.5. The van der Waals surface area contributed by atoms with E-state index in [0.717, 1.165) is 18.7 Å². The minimum absolute atomic E-state index is 0.873. The van der Waals surface area contributed by atoms with Gasteiger partial charge in [-0.15, -0.1) is 0 Å². The maximum absolute atomic E-state index is 5.18. The van der Waals surface area contributed by atoms with E-state index in [2.05, 4.69) is 22.5 Å². The monoisotopic (exact) mass is 245 g/mol. The molecule has 0 saturated carbocycles. The molecule has 2 aromatic rings. The van der Waals surface area contributed by atoms with E-state index in [9.17, 15) is 0 Å². The lowest BCUT2D eigenvalue weighted by Gasteiger charge is -2.07. The minimum atomic E-state index is 0.873. The van der Waals surface area contributed by atoms with E-state index in [1.54, 1.807) is 7.11 Å². The van der Waals surface area contributed by atoms with Crippen LogP contribution in [0.15, 0.2) is 30.5 Å². The van der Waals surface area contributed by atoms with Gasteiger partial charge >= 0.3 is 0 Å². The summed E-state index contributed by atoms with van der Waals surface area (Å²) in [6.45, 7) is 0.953. The summed E-state index contributed by atoms with van der Waals surface area (Å²) in [5.41, 5.74) is 3.60. The van der Waals surface area contributed by atoms with Crippen molar-refractivity contribution in [2.24, 2.45) is 7.05 Å². The number of aryl methyl sites for hydroxylation is 1. The smallest absolute Gasteiger partial charge is 0.118 e. The Balaban J connectivity index is 2.32. The van der Waals surface area contributed by atoms with Gasteiger partial charge in [0.05, 0.1) is 19.0 Å². The zero-order valence-corrected chi connectivity index (χ0v) is 11.1. The average Bonchev–Trinajstić information content (AvgIpc) is 2.77. The number of nitrogens with zero attached hydrogens (tertiary/aromatic N) is 2. The first kappa shape index (κ1) is 12.6. The Kier molecular flexibility index (Phi) is 3.99. The lowest BCUT2D eigenvalue weighted by Crippen LogP contribution is -2.10. The summed E-state index contributed by atoms with van der Waals surface area (Å²) in [5.74, 6) is 0.873. The van der Waals surface area contributed by atoms with Crippen LogP contribution in [-0.2, 0) is 13.5 Å². The molecule has 0 bridgehead atoms. The molecule has 1 N–H and O–H groups in total. The van der Waals surface area contributed by atoms with Crippen LogP contribution in [0.5, 0.6) is 5.75 Å². The summed E-state index contributed by atoms with van der Waals surface area (Å²) in [7, 11) is 5.61. The van der Waals surface area contributed by atoms with Crippen molar-refractivity contribution in [2.45, 2.75) is 6.42 Å². The molecular formula is C14H19N3O. The molecule has 4 heteroatoms. The lowest BCUT2D eigenvalue weighted by atomic mass is 10.1. The summed E-state index contributed by atoms with van der Waals surface area (Å²) < 4.78 is 7.10. The van der Waals surface area contributed by atoms with Crippen molar-refractivity contribution in [2.75, 3.05) is 20.7 Å². The number of nitrogens with one attached hydrogen (secondary N) is 1. The first-order valence-electron chi connectivity index (χ1n) is 6.06. The standard InChI is InChI=1S/C14H19N3O/c1-15-9-8-12-10-16-17(2)14(12)11-4-6-13(18-3)7-5-11/h4-7,10,15H,8-9H2,1-3H3. The average molecular weight is 245 g/mol. The van der Waals surface area contributed by atoms with Crippen LogP contribution in [0.2, 0.25) is 0 Å². The van der Waals surface area contributed by atoms with Gasteiger partial charge in [-0.25, -0.2) is 0 Å². The molecule has 0 amide bonds. The Labute approximate surface area is 108 Å². The van der Waals surface area contributed by atoms with Gasteiger partial charge in [0.15, 0.2) is 0 Å². The van der Waals surface area contributed by atoms with Crippen LogP contribution in [0.1, 0.15) is 5.56 Å². The van der Waals surface area contributed by atoms with Crippen molar-refractivity contribution in [3.63, 3.8) is 0 Å². The van der Waals surface area contributed by atoms with Gasteiger partial charge in [0.1, 0.15) is 5.75 Å². The van der Waals surface area contributed by atoms with Gasteiger partial charge in [0.2, 0.25) is 0 Å². The molecule has 0 radical (unpaired) electrons. The van der Waals surface area contributed by atoms with Gasteiger partial charge in [-0.3, -0.25) is 4.68 Å². The maximum Gasteiger partial charge on any atom is 0.118 e. The molecule has 0 fully saturated rings. The molecule has 1 aromatic heterocycles. The van der Waals surface area contributed by atoms with Crippen molar-refractivity contribution < 1.29 is 4.74 Å². The van der Waals surface area contributed by atoms with Crippen LogP contribution in [0.4, 0.5) is 0 Å². The molecule has 0 aliphatic heterocycles. The third-order valence-corrected chi connectivity index (χ3v) is 3.02. The molecule has 0 atom stereocenters. The molecule has 0 spiro atoms. The van der Waals surface area contributed by atoms with Crippen LogP contribution in [0.25, 0.3) is 11.3 Å². The minimum Gasteiger partial charge on any atom is -0.497 e. The Hall–Kier alpha value is -1.81. The van der Waals surface area contributed by atoms with E-state index in [4.69, 9.17) is 4.74 Å². The fourth-order valence-corrected chi connectivity index (χ4v) is 2.05. The summed E-state index contributed by atoms with van der Waals surface area (Å²) in [6, 6.07) is 8.09. The zero-order valence-electron chi connectivity index (χ0n) is 11.1. The number of rotatable bonds is 5. The van der Waals surface area contributed by atoms with Gasteiger partial charge in [-0.1, -0.05) is 0 Å². The molecule has 0 saturated heterocycles. The molecule has 1 heterocycles. The fraction of sp³-hybridized carbons (Fsp3) is 0.357. The molecule has 0 unspecified atom stereocenters. The fourth-order valence-electron chi connectivity index (χ4n) is 2.05. The lowest BCUT2D eigenvalue weighted by molar-refractivity contribution is 0.415. The van der Waals surface area contributed by atoms with E-state index in [-0.39, 0.29) is 0 Å². The number of methoxy groups -OCH3 is 1. The first-order chi connectivity index (χ1) is 8.76. The van der Waals surface area contributed by atoms with Crippen LogP contribution in [0, 0.1) is 0 Å². The highest BCUT2D eigenvalue weighted by molar-refractivity contribution is 5.64. The number of likely N-dealkylation sites (N-methyl/N-ethyl adjacent to an activating group) is 1. The Morgan fingerprint density at radius 1 is 1.28 bits per heavy atom. The SMILES string of the molecule is CNCCc1cnn(C)c1-c1ccc(OC)cc1. The first-order valence-corrected chi connectivity index (χ1v) is 6.06. The van der Waals surface area contributed by atoms with Crippen molar-refractivity contribution in [3.05, 3.63) is 36.0 Å². The van der Waals surface area contributed by atoms with Crippen LogP contribution >= 0.6 is 0 Å². The van der Waals surface area contributed by atoms with E-state index in [1.807, 2.05) is 37.1 Å². The number of benzene rings is 1. The molecule has 0 aliphatic carbocycles. The number of ether oxygens (including phenoxy) is 1. The van der Waals surface area contributed by atoms with E-state index in [1.165, 1.54) is 16.8 Å². The number of aromatic nitrogens is 2. The largest absolute Gasteiger partial charge is 0.497 e. The molecule has 2 rings (SSSR count). The highest BCUT2D eigenvalue weighted by Gasteiger charge is 2.10. The third kappa shape index (κ3) is 2.54. The zero-order chi connectivity index (χ0) is 13.0. The molecule has 1 aromatic carbocycles. The highest BCUT2D eigenvalue weighted by Crippen LogP contribution is 2.25. The van der Waals surface area contributed by atoms with Gasteiger partial charge in [-0.2, -0.15) is 5.10 Å². The second-order valence-corrected chi connectivity index (χ2v) is 4.22. The van der Waals surface area contributed by atoms with Crippen molar-refractivity contribution in [1.82, 2.24) is 15.1 Å². The summed E-state index contributed by atoms with van der Waals surface area (Å²) in [4.78, 5) is 0. The second-order valence-electron chi connectivity index (χ2n) is 4.22. The summed E-state index contributed by atoms with van der Waals surface area (Å²) in [6.07, 6.45) is 2.92. The summed E-state index contributed by atoms with van der Waals surface area (Å²) in [5, 5.41) is 7.51. The molecule has 96 valence electrons. The van der Waals surface area contributed by atoms with Crippen molar-refractivity contribution >= 4 is 0 Å². The molecule has 0 aliphatic rings. The molecule has 4 nitrogen and oxygen atoms in total. The third-order valence-electron chi connectivity index (χ3n) is 3.02. The number of hydrogen-bond acceptors (Lipinski definition) is 3. The van der Waals surface area contributed by atoms with E-state index in [0.29, 0.717) is 0 Å². The maximum atomic E-state index is 5.18. The Bertz CT molecular complexity index is 502. The van der Waals surface area contributed by atoms with Crippen molar-refractivity contribution in [1.29, 1.82) is 0 Å². The predicted octanol–water partition coefficient (Wildman–Crippen LogP) is 1.86. The van der Waals surface area contributed by atoms with Crippen LogP contribution in [-0.4, -0.2) is 30.5 Å². The van der Waals surface area contributed by atoms with Gasteiger partial charge in [0.25, 0.3) is 0 Å². The normalized spacial score (nSPS) is 10.6. The Morgan fingerprint density at radius 2 is 2.00 bits per heavy atom. The summed E-state index contributed by atoms with van der Waals surface area (Å²) >= 11 is 0. The quantitative estimate of drug-likeness (QED) is 0.874. The topological polar surface area (TPSA) is 39.1 Å². The second kappa shape index (κ2) is 5.69. The number of hydrogen-bond donors (Lipinski definition) is 1. The molecule has 18 heavy (non-hydrogen) atoms. The predicted molar refractivity (Wildman–Crippen MR) is 72.8 cm³/mol. The van der Waals surface area contributed by atoms with Gasteiger partial charge in [-0.05, 0) is 49.8 Å². The van der Waals surface area contributed by atoms with Crippen molar-refractivity contribution in [3.8, 4) is 17.0 Å². The van der Waals surface area contributed by atoms with Crippen LogP contribution < -0.4 is 10.1 Å².